The van der Waals surface area contributed by atoms with Crippen molar-refractivity contribution in [3.05, 3.63) is 29.0 Å². The average Bonchev–Trinajstić information content (AvgIpc) is 2.38. The molecule has 23 heavy (non-hydrogen) atoms. The lowest BCUT2D eigenvalue weighted by Crippen LogP contribution is -2.38. The van der Waals surface area contributed by atoms with E-state index in [1.54, 1.807) is 6.07 Å². The molecule has 6 heteroatoms. The highest BCUT2D eigenvalue weighted by molar-refractivity contribution is 6.33. The Hall–Kier alpha value is -1.49. The van der Waals surface area contributed by atoms with Crippen LogP contribution in [0.15, 0.2) is 18.2 Å². The third-order valence-corrected chi connectivity index (χ3v) is 3.65. The van der Waals surface area contributed by atoms with Gasteiger partial charge in [-0.25, -0.2) is 9.18 Å². The van der Waals surface area contributed by atoms with Gasteiger partial charge in [-0.1, -0.05) is 25.4 Å². The fraction of sp³-hybridized carbons (Fsp3) is 0.588. The normalized spacial score (nSPS) is 12.9. The van der Waals surface area contributed by atoms with Crippen LogP contribution in [0.1, 0.15) is 34.6 Å². The van der Waals surface area contributed by atoms with Crippen LogP contribution in [0.3, 0.4) is 0 Å². The highest BCUT2D eigenvalue weighted by Gasteiger charge is 2.19. The van der Waals surface area contributed by atoms with E-state index in [9.17, 15) is 9.18 Å². The van der Waals surface area contributed by atoms with E-state index in [-0.39, 0.29) is 11.7 Å². The zero-order valence-corrected chi connectivity index (χ0v) is 15.1. The van der Waals surface area contributed by atoms with Crippen LogP contribution in [0.2, 0.25) is 5.02 Å². The summed E-state index contributed by atoms with van der Waals surface area (Å²) >= 11 is 6.00. The molecule has 130 valence electrons. The number of alkyl carbamates (subject to hydrolysis) is 1. The summed E-state index contributed by atoms with van der Waals surface area (Å²) in [5, 5.41) is 6.33. The van der Waals surface area contributed by atoms with Crippen molar-refractivity contribution in [1.29, 1.82) is 0 Å². The zero-order chi connectivity index (χ0) is 17.6. The third kappa shape index (κ3) is 7.55. The lowest BCUT2D eigenvalue weighted by molar-refractivity contribution is 0.0516. The molecule has 1 aromatic carbocycles. The molecule has 1 atom stereocenters. The standard InChI is InChI=1S/C17H26ClFN2O2/c1-11(2)12(10-21-16(22)23-17(3,4)5)9-20-15-7-6-13(19)8-14(15)18/h6-8,11-12,20H,9-10H2,1-5H3,(H,21,22). The number of ether oxygens (including phenoxy) is 1. The van der Waals surface area contributed by atoms with Gasteiger partial charge in [0.2, 0.25) is 0 Å². The summed E-state index contributed by atoms with van der Waals surface area (Å²) < 4.78 is 18.3. The van der Waals surface area contributed by atoms with Crippen LogP contribution >= 0.6 is 11.6 Å². The summed E-state index contributed by atoms with van der Waals surface area (Å²) in [6.07, 6.45) is -0.428. The minimum absolute atomic E-state index is 0.184. The number of rotatable bonds is 6. The molecule has 1 unspecified atom stereocenters. The minimum Gasteiger partial charge on any atom is -0.444 e. The Balaban J connectivity index is 2.54. The van der Waals surface area contributed by atoms with Gasteiger partial charge < -0.3 is 15.4 Å². The maximum atomic E-state index is 13.0. The Kier molecular flexibility index (Phi) is 7.13. The molecule has 0 heterocycles. The van der Waals surface area contributed by atoms with Crippen molar-refractivity contribution >= 4 is 23.4 Å². The lowest BCUT2D eigenvalue weighted by Gasteiger charge is -2.24. The summed E-state index contributed by atoms with van der Waals surface area (Å²) in [5.41, 5.74) is 0.160. The Bertz CT molecular complexity index is 530. The summed E-state index contributed by atoms with van der Waals surface area (Å²) in [4.78, 5) is 11.7. The van der Waals surface area contributed by atoms with Crippen molar-refractivity contribution in [1.82, 2.24) is 5.32 Å². The summed E-state index contributed by atoms with van der Waals surface area (Å²) in [6, 6.07) is 4.24. The van der Waals surface area contributed by atoms with Gasteiger partial charge >= 0.3 is 6.09 Å². The third-order valence-electron chi connectivity index (χ3n) is 3.34. The van der Waals surface area contributed by atoms with E-state index >= 15 is 0 Å². The lowest BCUT2D eigenvalue weighted by atomic mass is 9.95. The number of carbonyl (C=O) groups excluding carboxylic acids is 1. The van der Waals surface area contributed by atoms with Gasteiger partial charge in [0.1, 0.15) is 11.4 Å². The van der Waals surface area contributed by atoms with Crippen LogP contribution in [0.5, 0.6) is 0 Å². The average molecular weight is 345 g/mol. The molecular formula is C17H26ClFN2O2. The second-order valence-electron chi connectivity index (χ2n) is 6.89. The number of benzene rings is 1. The van der Waals surface area contributed by atoms with Gasteiger partial charge in [0, 0.05) is 13.1 Å². The summed E-state index contributed by atoms with van der Waals surface area (Å²) in [5.74, 6) is 0.160. The van der Waals surface area contributed by atoms with Crippen LogP contribution in [-0.4, -0.2) is 24.8 Å². The first-order valence-corrected chi connectivity index (χ1v) is 8.12. The van der Waals surface area contributed by atoms with E-state index in [1.165, 1.54) is 12.1 Å². The number of hydrogen-bond acceptors (Lipinski definition) is 3. The first kappa shape index (κ1) is 19.6. The fourth-order valence-corrected chi connectivity index (χ4v) is 2.18. The van der Waals surface area contributed by atoms with Gasteiger partial charge in [0.25, 0.3) is 0 Å². The molecule has 2 N–H and O–H groups in total. The molecule has 1 aromatic rings. The van der Waals surface area contributed by atoms with E-state index in [0.717, 1.165) is 0 Å². The number of amides is 1. The molecule has 0 bridgehead atoms. The molecule has 0 aliphatic rings. The van der Waals surface area contributed by atoms with Crippen molar-refractivity contribution in [2.75, 3.05) is 18.4 Å². The predicted molar refractivity (Wildman–Crippen MR) is 92.5 cm³/mol. The van der Waals surface area contributed by atoms with Crippen molar-refractivity contribution in [3.8, 4) is 0 Å². The molecule has 0 fully saturated rings. The van der Waals surface area contributed by atoms with Gasteiger partial charge in [0.05, 0.1) is 10.7 Å². The Morgan fingerprint density at radius 2 is 1.96 bits per heavy atom. The molecule has 0 aliphatic heterocycles. The molecule has 0 saturated carbocycles. The molecule has 0 aromatic heterocycles. The van der Waals surface area contributed by atoms with Gasteiger partial charge in [-0.2, -0.15) is 0 Å². The second-order valence-corrected chi connectivity index (χ2v) is 7.30. The van der Waals surface area contributed by atoms with Crippen LogP contribution in [0.25, 0.3) is 0 Å². The molecule has 0 spiro atoms. The van der Waals surface area contributed by atoms with E-state index in [4.69, 9.17) is 16.3 Å². The van der Waals surface area contributed by atoms with Crippen molar-refractivity contribution in [2.24, 2.45) is 11.8 Å². The number of carbonyl (C=O) groups is 1. The maximum Gasteiger partial charge on any atom is 0.407 e. The molecule has 0 aliphatic carbocycles. The number of halogens is 2. The van der Waals surface area contributed by atoms with Gasteiger partial charge in [-0.15, -0.1) is 0 Å². The second kappa shape index (κ2) is 8.39. The molecule has 1 amide bonds. The fourth-order valence-electron chi connectivity index (χ4n) is 1.95. The SMILES string of the molecule is CC(C)C(CNC(=O)OC(C)(C)C)CNc1ccc(F)cc1Cl. The molecule has 0 saturated heterocycles. The van der Waals surface area contributed by atoms with Crippen LogP contribution in [0.4, 0.5) is 14.9 Å². The van der Waals surface area contributed by atoms with E-state index in [2.05, 4.69) is 24.5 Å². The monoisotopic (exact) mass is 344 g/mol. The predicted octanol–water partition coefficient (Wildman–Crippen LogP) is 4.69. The maximum absolute atomic E-state index is 13.0. The van der Waals surface area contributed by atoms with E-state index in [0.29, 0.717) is 29.7 Å². The Morgan fingerprint density at radius 3 is 2.48 bits per heavy atom. The minimum atomic E-state index is -0.517. The Labute approximate surface area is 142 Å². The highest BCUT2D eigenvalue weighted by atomic mass is 35.5. The highest BCUT2D eigenvalue weighted by Crippen LogP contribution is 2.23. The first-order chi connectivity index (χ1) is 10.6. The number of nitrogens with one attached hydrogen (secondary N) is 2. The van der Waals surface area contributed by atoms with Crippen LogP contribution < -0.4 is 10.6 Å². The van der Waals surface area contributed by atoms with Crippen molar-refractivity contribution in [2.45, 2.75) is 40.2 Å². The summed E-state index contributed by atoms with van der Waals surface area (Å²) in [6.45, 7) is 10.7. The van der Waals surface area contributed by atoms with Crippen LogP contribution in [0, 0.1) is 17.7 Å². The van der Waals surface area contributed by atoms with Crippen molar-refractivity contribution < 1.29 is 13.9 Å². The van der Waals surface area contributed by atoms with E-state index < -0.39 is 11.7 Å². The topological polar surface area (TPSA) is 50.4 Å². The molecular weight excluding hydrogens is 319 g/mol. The first-order valence-electron chi connectivity index (χ1n) is 7.74. The quantitative estimate of drug-likeness (QED) is 0.787. The zero-order valence-electron chi connectivity index (χ0n) is 14.4. The van der Waals surface area contributed by atoms with Gasteiger partial charge in [0.15, 0.2) is 0 Å². The van der Waals surface area contributed by atoms with Crippen molar-refractivity contribution in [3.63, 3.8) is 0 Å². The Morgan fingerprint density at radius 1 is 1.30 bits per heavy atom. The number of hydrogen-bond donors (Lipinski definition) is 2. The molecule has 4 nitrogen and oxygen atoms in total. The number of anilines is 1. The van der Waals surface area contributed by atoms with Gasteiger partial charge in [-0.3, -0.25) is 0 Å². The van der Waals surface area contributed by atoms with Crippen LogP contribution in [-0.2, 0) is 4.74 Å². The van der Waals surface area contributed by atoms with Gasteiger partial charge in [-0.05, 0) is 50.8 Å². The summed E-state index contributed by atoms with van der Waals surface area (Å²) in [7, 11) is 0. The van der Waals surface area contributed by atoms with E-state index in [1.807, 2.05) is 20.8 Å². The molecule has 1 rings (SSSR count). The molecule has 0 radical (unpaired) electrons. The smallest absolute Gasteiger partial charge is 0.407 e. The largest absolute Gasteiger partial charge is 0.444 e.